The summed E-state index contributed by atoms with van der Waals surface area (Å²) in [5.74, 6) is 1.02. The Morgan fingerprint density at radius 3 is 2.29 bits per heavy atom. The van der Waals surface area contributed by atoms with Crippen molar-refractivity contribution < 1.29 is 13.2 Å². The fourth-order valence-corrected chi connectivity index (χ4v) is 12.9. The molecule has 3 aromatic carbocycles. The highest BCUT2D eigenvalue weighted by Gasteiger charge is 2.66. The van der Waals surface area contributed by atoms with Crippen LogP contribution in [0.4, 0.5) is 11.4 Å². The van der Waals surface area contributed by atoms with Gasteiger partial charge in [0.1, 0.15) is 0 Å². The van der Waals surface area contributed by atoms with Gasteiger partial charge in [0, 0.05) is 79.4 Å². The number of nitrogens with zero attached hydrogens (tertiary/aromatic N) is 3. The first kappa shape index (κ1) is 41.4. The van der Waals surface area contributed by atoms with Crippen LogP contribution in [0.3, 0.4) is 0 Å². The van der Waals surface area contributed by atoms with Gasteiger partial charge in [-0.25, -0.2) is 13.1 Å². The predicted octanol–water partition coefficient (Wildman–Crippen LogP) is 9.24. The van der Waals surface area contributed by atoms with Crippen LogP contribution in [-0.4, -0.2) is 88.3 Å². The van der Waals surface area contributed by atoms with Gasteiger partial charge in [0.05, 0.1) is 4.90 Å². The normalized spacial score (nSPS) is 26.5. The van der Waals surface area contributed by atoms with Gasteiger partial charge in [-0.1, -0.05) is 57.0 Å². The van der Waals surface area contributed by atoms with Crippen LogP contribution in [0.15, 0.2) is 93.7 Å². The minimum Gasteiger partial charge on any atom is -0.381 e. The summed E-state index contributed by atoms with van der Waals surface area (Å²) in [5.41, 5.74) is 8.26. The van der Waals surface area contributed by atoms with Crippen LogP contribution in [0.1, 0.15) is 95.0 Å². The van der Waals surface area contributed by atoms with Gasteiger partial charge in [0.2, 0.25) is 0 Å². The number of carbonyl (C=O) groups is 1. The lowest BCUT2D eigenvalue weighted by Gasteiger charge is -2.72. The highest BCUT2D eigenvalue weighted by molar-refractivity contribution is 7.99. The molecule has 1 amide bonds. The van der Waals surface area contributed by atoms with Crippen LogP contribution in [0, 0.1) is 29.1 Å². The number of rotatable bonds is 15. The maximum atomic E-state index is 13.5. The van der Waals surface area contributed by atoms with E-state index in [1.165, 1.54) is 49.8 Å². The third kappa shape index (κ3) is 9.35. The summed E-state index contributed by atoms with van der Waals surface area (Å²) in [6, 6.07) is 23.1. The fraction of sp³-hybridized carbons (Fsp3) is 0.562. The lowest BCUT2D eigenvalue weighted by Crippen LogP contribution is -2.61. The fourth-order valence-electron chi connectivity index (χ4n) is 10.8. The van der Waals surface area contributed by atoms with Crippen molar-refractivity contribution in [3.8, 4) is 0 Å². The second kappa shape index (κ2) is 16.6. The molecule has 9 rings (SSSR count). The summed E-state index contributed by atoms with van der Waals surface area (Å²) >= 11 is 1.84. The molecule has 58 heavy (non-hydrogen) atoms. The third-order valence-corrected chi connectivity index (χ3v) is 16.5. The zero-order valence-corrected chi connectivity index (χ0v) is 37.1. The standard InChI is InChI=1S/C48H65N5O3S2/c1-35-18-21-51(29-35)22-19-39(31-57-41-9-7-6-8-10-41)49-44-16-15-42(27-36(44)2)58(55,56)50-45(54)37-11-13-40(14-12-37)53-25-23-52(24-26-53)30-38-17-20-46(3,4)28-43(38)48-32-47(5,33-48)34-48/h6-16,27,35,39,49H,17-26,28-34H2,1-5H3,(H,50,54)/t35?,39-,47?,48?/m1/s1. The van der Waals surface area contributed by atoms with Crippen molar-refractivity contribution in [3.05, 3.63) is 95.1 Å². The van der Waals surface area contributed by atoms with E-state index < -0.39 is 15.9 Å². The average molecular weight is 824 g/mol. The minimum atomic E-state index is -4.07. The van der Waals surface area contributed by atoms with Crippen LogP contribution in [0.5, 0.6) is 0 Å². The summed E-state index contributed by atoms with van der Waals surface area (Å²) in [5, 5.41) is 3.73. The smallest absolute Gasteiger partial charge is 0.264 e. The maximum absolute atomic E-state index is 13.5. The van der Waals surface area contributed by atoms with E-state index in [2.05, 4.69) is 76.7 Å². The van der Waals surface area contributed by atoms with Crippen molar-refractivity contribution in [1.82, 2.24) is 14.5 Å². The third-order valence-electron chi connectivity index (χ3n) is 14.0. The number of benzene rings is 3. The molecule has 3 saturated carbocycles. The quantitative estimate of drug-likeness (QED) is 0.116. The average Bonchev–Trinajstić information content (AvgIpc) is 3.60. The molecule has 0 aromatic heterocycles. The van der Waals surface area contributed by atoms with Crippen molar-refractivity contribution in [2.24, 2.45) is 22.2 Å². The summed E-state index contributed by atoms with van der Waals surface area (Å²) in [6.07, 6.45) is 10.3. The van der Waals surface area contributed by atoms with Gasteiger partial charge < -0.3 is 15.1 Å². The molecule has 2 N–H and O–H groups in total. The summed E-state index contributed by atoms with van der Waals surface area (Å²) in [4.78, 5) is 22.2. The van der Waals surface area contributed by atoms with E-state index >= 15 is 0 Å². The number of allylic oxidation sites excluding steroid dienone is 1. The molecule has 2 aliphatic heterocycles. The van der Waals surface area contributed by atoms with Crippen molar-refractivity contribution in [2.75, 3.05) is 68.3 Å². The Kier molecular flexibility index (Phi) is 11.9. The number of likely N-dealkylation sites (tertiary alicyclic amines) is 1. The van der Waals surface area contributed by atoms with E-state index in [4.69, 9.17) is 0 Å². The lowest BCUT2D eigenvalue weighted by atomic mass is 9.33. The maximum Gasteiger partial charge on any atom is 0.264 e. The van der Waals surface area contributed by atoms with Crippen molar-refractivity contribution in [2.45, 2.75) is 102 Å². The number of nitrogens with one attached hydrogen (secondary N) is 2. The molecule has 0 radical (unpaired) electrons. The molecule has 4 aliphatic carbocycles. The van der Waals surface area contributed by atoms with Gasteiger partial charge in [-0.15, -0.1) is 11.8 Å². The lowest BCUT2D eigenvalue weighted by molar-refractivity contribution is -0.167. The Morgan fingerprint density at radius 1 is 0.914 bits per heavy atom. The monoisotopic (exact) mass is 823 g/mol. The number of hydrogen-bond donors (Lipinski definition) is 2. The topological polar surface area (TPSA) is 85.0 Å². The van der Waals surface area contributed by atoms with Crippen LogP contribution in [-0.2, 0) is 10.0 Å². The van der Waals surface area contributed by atoms with Gasteiger partial charge in [-0.05, 0) is 147 Å². The first-order chi connectivity index (χ1) is 27.7. The van der Waals surface area contributed by atoms with E-state index in [-0.39, 0.29) is 10.9 Å². The molecule has 2 heterocycles. The zero-order valence-electron chi connectivity index (χ0n) is 35.5. The molecule has 10 heteroatoms. The molecule has 2 saturated heterocycles. The van der Waals surface area contributed by atoms with E-state index in [0.29, 0.717) is 21.8 Å². The number of sulfonamides is 1. The van der Waals surface area contributed by atoms with Crippen LogP contribution < -0.4 is 14.9 Å². The predicted molar refractivity (Wildman–Crippen MR) is 239 cm³/mol. The highest BCUT2D eigenvalue weighted by Crippen LogP contribution is 2.77. The van der Waals surface area contributed by atoms with Gasteiger partial charge >= 0.3 is 0 Å². The molecule has 2 atom stereocenters. The Hall–Kier alpha value is -3.31. The molecule has 8 nitrogen and oxygen atoms in total. The molecule has 1 unspecified atom stereocenters. The molecular weight excluding hydrogens is 759 g/mol. The molecule has 312 valence electrons. The number of carbonyl (C=O) groups excluding carboxylic acids is 1. The van der Waals surface area contributed by atoms with E-state index in [1.807, 2.05) is 48.5 Å². The van der Waals surface area contributed by atoms with Crippen LogP contribution >= 0.6 is 11.8 Å². The van der Waals surface area contributed by atoms with Crippen molar-refractivity contribution in [3.63, 3.8) is 0 Å². The zero-order chi connectivity index (χ0) is 40.7. The van der Waals surface area contributed by atoms with E-state index in [1.54, 1.807) is 29.8 Å². The Bertz CT molecular complexity index is 2070. The number of amides is 1. The summed E-state index contributed by atoms with van der Waals surface area (Å²) in [7, 11) is -4.07. The molecule has 0 spiro atoms. The molecule has 5 fully saturated rings. The van der Waals surface area contributed by atoms with Gasteiger partial charge in [0.15, 0.2) is 0 Å². The number of thioether (sulfide) groups is 1. The second-order valence-electron chi connectivity index (χ2n) is 19.7. The number of anilines is 2. The van der Waals surface area contributed by atoms with Crippen molar-refractivity contribution >= 4 is 39.1 Å². The summed E-state index contributed by atoms with van der Waals surface area (Å²) < 4.78 is 29.3. The molecular formula is C48H65N5O3S2. The number of hydrogen-bond acceptors (Lipinski definition) is 8. The van der Waals surface area contributed by atoms with E-state index in [0.717, 1.165) is 87.4 Å². The van der Waals surface area contributed by atoms with Crippen molar-refractivity contribution in [1.29, 1.82) is 0 Å². The Balaban J connectivity index is 0.845. The van der Waals surface area contributed by atoms with Crippen LogP contribution in [0.25, 0.3) is 0 Å². The minimum absolute atomic E-state index is 0.0815. The first-order valence-electron chi connectivity index (χ1n) is 21.8. The van der Waals surface area contributed by atoms with Gasteiger partial charge in [-0.2, -0.15) is 0 Å². The Labute approximate surface area is 352 Å². The van der Waals surface area contributed by atoms with Crippen LogP contribution in [0.2, 0.25) is 0 Å². The highest BCUT2D eigenvalue weighted by atomic mass is 32.2. The van der Waals surface area contributed by atoms with Gasteiger partial charge in [0.25, 0.3) is 15.9 Å². The first-order valence-corrected chi connectivity index (χ1v) is 24.3. The second-order valence-corrected chi connectivity index (χ2v) is 22.5. The number of piperazine rings is 1. The largest absolute Gasteiger partial charge is 0.381 e. The van der Waals surface area contributed by atoms with Gasteiger partial charge in [-0.3, -0.25) is 9.69 Å². The number of aryl methyl sites for hydroxylation is 1. The SMILES string of the molecule is Cc1cc(S(=O)(=O)NC(=O)c2ccc(N3CCN(CC4=C(C56CC(C)(C5)C6)CC(C)(C)CC4)CC3)cc2)ccc1N[C@H](CCN1CCC(C)C1)CSc1ccccc1. The van der Waals surface area contributed by atoms with E-state index in [9.17, 15) is 13.2 Å². The Morgan fingerprint density at radius 2 is 1.64 bits per heavy atom. The molecule has 6 aliphatic rings. The molecule has 2 bridgehead atoms. The molecule has 3 aromatic rings. The summed E-state index contributed by atoms with van der Waals surface area (Å²) in [6.45, 7) is 20.0.